The highest BCUT2D eigenvalue weighted by molar-refractivity contribution is 5.26. The number of hydrogen-bond donors (Lipinski definition) is 1. The maximum atomic E-state index is 3.73. The maximum absolute atomic E-state index is 3.73. The van der Waals surface area contributed by atoms with Gasteiger partial charge in [-0.1, -0.05) is 57.5 Å². The lowest BCUT2D eigenvalue weighted by molar-refractivity contribution is 0.323. The molecule has 1 aromatic rings. The number of hydrogen-bond acceptors (Lipinski definition) is 1. The molecule has 18 heavy (non-hydrogen) atoms. The van der Waals surface area contributed by atoms with Crippen LogP contribution in [0.5, 0.6) is 0 Å². The summed E-state index contributed by atoms with van der Waals surface area (Å²) in [6, 6.07) is 11.7. The van der Waals surface area contributed by atoms with E-state index < -0.39 is 0 Å². The van der Waals surface area contributed by atoms with E-state index in [2.05, 4.69) is 56.4 Å². The van der Waals surface area contributed by atoms with Crippen molar-refractivity contribution in [3.8, 4) is 0 Å². The molecule has 100 valence electrons. The Hall–Kier alpha value is -0.820. The predicted molar refractivity (Wildman–Crippen MR) is 78.8 cm³/mol. The first-order valence-corrected chi connectivity index (χ1v) is 7.56. The third kappa shape index (κ3) is 3.14. The smallest absolute Gasteiger partial charge is 0.0127 e. The van der Waals surface area contributed by atoms with Crippen LogP contribution in [-0.2, 0) is 0 Å². The molecule has 1 saturated carbocycles. The lowest BCUT2D eigenvalue weighted by Crippen LogP contribution is -2.37. The van der Waals surface area contributed by atoms with Gasteiger partial charge in [0.1, 0.15) is 0 Å². The minimum absolute atomic E-state index is 0.708. The Kier molecular flexibility index (Phi) is 4.82. The standard InChI is InChI=1S/C17H27N/c1-4-9-13(3)17(18-5-2)16-12-15(16)14-10-7-6-8-11-14/h6-8,10-11,13,15-18H,4-5,9,12H2,1-3H3. The quantitative estimate of drug-likeness (QED) is 0.759. The Morgan fingerprint density at radius 2 is 1.94 bits per heavy atom. The van der Waals surface area contributed by atoms with E-state index in [0.717, 1.165) is 24.3 Å². The second-order valence-electron chi connectivity index (χ2n) is 5.77. The Morgan fingerprint density at radius 3 is 2.56 bits per heavy atom. The average molecular weight is 245 g/mol. The van der Waals surface area contributed by atoms with Crippen LogP contribution in [-0.4, -0.2) is 12.6 Å². The van der Waals surface area contributed by atoms with E-state index in [4.69, 9.17) is 0 Å². The molecular weight excluding hydrogens is 218 g/mol. The highest BCUT2D eigenvalue weighted by Crippen LogP contribution is 2.51. The summed E-state index contributed by atoms with van der Waals surface area (Å²) in [5.41, 5.74) is 1.54. The van der Waals surface area contributed by atoms with Crippen LogP contribution < -0.4 is 5.32 Å². The first-order valence-electron chi connectivity index (χ1n) is 7.56. The van der Waals surface area contributed by atoms with Crippen LogP contribution in [0, 0.1) is 11.8 Å². The molecule has 1 nitrogen and oxygen atoms in total. The van der Waals surface area contributed by atoms with Crippen molar-refractivity contribution >= 4 is 0 Å². The Labute approximate surface area is 112 Å². The summed E-state index contributed by atoms with van der Waals surface area (Å²) >= 11 is 0. The highest BCUT2D eigenvalue weighted by atomic mass is 14.9. The molecule has 0 amide bonds. The van der Waals surface area contributed by atoms with Crippen molar-refractivity contribution in [2.45, 2.75) is 52.0 Å². The van der Waals surface area contributed by atoms with Crippen molar-refractivity contribution in [2.75, 3.05) is 6.54 Å². The zero-order valence-electron chi connectivity index (χ0n) is 12.0. The van der Waals surface area contributed by atoms with E-state index >= 15 is 0 Å². The van der Waals surface area contributed by atoms with Gasteiger partial charge in [0.25, 0.3) is 0 Å². The minimum atomic E-state index is 0.708. The predicted octanol–water partition coefficient (Wildman–Crippen LogP) is 4.20. The molecule has 1 aromatic carbocycles. The molecule has 0 radical (unpaired) electrons. The molecule has 4 unspecified atom stereocenters. The zero-order valence-corrected chi connectivity index (χ0v) is 12.0. The monoisotopic (exact) mass is 245 g/mol. The van der Waals surface area contributed by atoms with Gasteiger partial charge >= 0.3 is 0 Å². The van der Waals surface area contributed by atoms with Crippen molar-refractivity contribution in [3.05, 3.63) is 35.9 Å². The molecule has 1 N–H and O–H groups in total. The number of rotatable bonds is 7. The van der Waals surface area contributed by atoms with E-state index in [1.165, 1.54) is 24.8 Å². The molecule has 0 aromatic heterocycles. The maximum Gasteiger partial charge on any atom is 0.0127 e. The van der Waals surface area contributed by atoms with Crippen LogP contribution in [0.15, 0.2) is 30.3 Å². The second-order valence-corrected chi connectivity index (χ2v) is 5.77. The first kappa shape index (κ1) is 13.6. The molecule has 1 aliphatic carbocycles. The molecule has 0 bridgehead atoms. The van der Waals surface area contributed by atoms with E-state index in [1.807, 2.05) is 0 Å². The summed E-state index contributed by atoms with van der Waals surface area (Å²) in [6.07, 6.45) is 4.01. The number of benzene rings is 1. The normalized spacial score (nSPS) is 25.7. The Balaban J connectivity index is 1.98. The SMILES string of the molecule is CCCC(C)C(NCC)C1CC1c1ccccc1. The van der Waals surface area contributed by atoms with Gasteiger partial charge in [0, 0.05) is 6.04 Å². The summed E-state index contributed by atoms with van der Waals surface area (Å²) in [5, 5.41) is 3.73. The van der Waals surface area contributed by atoms with Crippen molar-refractivity contribution in [3.63, 3.8) is 0 Å². The van der Waals surface area contributed by atoms with Crippen molar-refractivity contribution in [1.29, 1.82) is 0 Å². The van der Waals surface area contributed by atoms with Gasteiger partial charge in [-0.25, -0.2) is 0 Å². The summed E-state index contributed by atoms with van der Waals surface area (Å²) in [6.45, 7) is 8.03. The molecule has 1 fully saturated rings. The van der Waals surface area contributed by atoms with Crippen LogP contribution >= 0.6 is 0 Å². The lowest BCUT2D eigenvalue weighted by Gasteiger charge is -2.25. The molecule has 0 saturated heterocycles. The van der Waals surface area contributed by atoms with E-state index in [1.54, 1.807) is 0 Å². The Morgan fingerprint density at radius 1 is 1.22 bits per heavy atom. The molecular formula is C17H27N. The van der Waals surface area contributed by atoms with Gasteiger partial charge in [0.15, 0.2) is 0 Å². The molecule has 0 heterocycles. The van der Waals surface area contributed by atoms with Crippen LogP contribution in [0.3, 0.4) is 0 Å². The first-order chi connectivity index (χ1) is 8.77. The van der Waals surface area contributed by atoms with E-state index in [0.29, 0.717) is 6.04 Å². The van der Waals surface area contributed by atoms with Gasteiger partial charge < -0.3 is 5.32 Å². The zero-order chi connectivity index (χ0) is 13.0. The number of nitrogens with one attached hydrogen (secondary N) is 1. The fourth-order valence-corrected chi connectivity index (χ4v) is 3.34. The third-order valence-electron chi connectivity index (χ3n) is 4.33. The van der Waals surface area contributed by atoms with Gasteiger partial charge in [-0.2, -0.15) is 0 Å². The molecule has 0 spiro atoms. The fourth-order valence-electron chi connectivity index (χ4n) is 3.34. The summed E-state index contributed by atoms with van der Waals surface area (Å²) < 4.78 is 0. The summed E-state index contributed by atoms with van der Waals surface area (Å²) in [7, 11) is 0. The van der Waals surface area contributed by atoms with E-state index in [-0.39, 0.29) is 0 Å². The lowest BCUT2D eigenvalue weighted by atomic mass is 9.91. The topological polar surface area (TPSA) is 12.0 Å². The van der Waals surface area contributed by atoms with Crippen LogP contribution in [0.25, 0.3) is 0 Å². The third-order valence-corrected chi connectivity index (χ3v) is 4.33. The van der Waals surface area contributed by atoms with Gasteiger partial charge in [0.05, 0.1) is 0 Å². The Bertz CT molecular complexity index is 346. The van der Waals surface area contributed by atoms with Crippen LogP contribution in [0.2, 0.25) is 0 Å². The summed E-state index contributed by atoms with van der Waals surface area (Å²) in [4.78, 5) is 0. The van der Waals surface area contributed by atoms with Gasteiger partial charge in [-0.15, -0.1) is 0 Å². The molecule has 2 rings (SSSR count). The summed E-state index contributed by atoms with van der Waals surface area (Å²) in [5.74, 6) is 2.46. The molecule has 1 heteroatoms. The van der Waals surface area contributed by atoms with Crippen molar-refractivity contribution in [1.82, 2.24) is 5.32 Å². The van der Waals surface area contributed by atoms with Crippen molar-refractivity contribution < 1.29 is 0 Å². The van der Waals surface area contributed by atoms with Gasteiger partial charge in [-0.05, 0) is 42.7 Å². The van der Waals surface area contributed by atoms with E-state index in [9.17, 15) is 0 Å². The van der Waals surface area contributed by atoms with Crippen LogP contribution in [0.1, 0.15) is 51.5 Å². The van der Waals surface area contributed by atoms with Crippen LogP contribution in [0.4, 0.5) is 0 Å². The largest absolute Gasteiger partial charge is 0.314 e. The van der Waals surface area contributed by atoms with Gasteiger partial charge in [0.2, 0.25) is 0 Å². The van der Waals surface area contributed by atoms with Gasteiger partial charge in [-0.3, -0.25) is 0 Å². The molecule has 1 aliphatic rings. The minimum Gasteiger partial charge on any atom is -0.314 e. The molecule has 0 aliphatic heterocycles. The second kappa shape index (κ2) is 6.38. The van der Waals surface area contributed by atoms with Crippen molar-refractivity contribution in [2.24, 2.45) is 11.8 Å². The average Bonchev–Trinajstić information content (AvgIpc) is 3.17. The highest BCUT2D eigenvalue weighted by Gasteiger charge is 2.44. The molecule has 4 atom stereocenters. The fraction of sp³-hybridized carbons (Fsp3) is 0.647.